The molecule has 9 heteroatoms. The summed E-state index contributed by atoms with van der Waals surface area (Å²) in [7, 11) is 1.39. The predicted octanol–water partition coefficient (Wildman–Crippen LogP) is 3.35. The molecule has 2 aromatic carbocycles. The van der Waals surface area contributed by atoms with Gasteiger partial charge in [0, 0.05) is 18.4 Å². The van der Waals surface area contributed by atoms with Crippen LogP contribution >= 0.6 is 0 Å². The van der Waals surface area contributed by atoms with Crippen molar-refractivity contribution >= 4 is 23.2 Å². The van der Waals surface area contributed by atoms with Crippen LogP contribution in [0.5, 0.6) is 0 Å². The van der Waals surface area contributed by atoms with E-state index in [4.69, 9.17) is 0 Å². The lowest BCUT2D eigenvalue weighted by Gasteiger charge is -2.18. The van der Waals surface area contributed by atoms with Crippen molar-refractivity contribution in [2.45, 2.75) is 6.18 Å². The number of likely N-dealkylation sites (N-methyl/N-ethyl adjacent to an activating group) is 1. The number of carbonyl (C=O) groups is 2. The van der Waals surface area contributed by atoms with E-state index in [1.54, 1.807) is 0 Å². The molecule has 0 aromatic heterocycles. The maximum atomic E-state index is 12.8. The number of anilines is 2. The number of nitrogens with one attached hydrogen (secondary N) is 2. The molecule has 0 aliphatic heterocycles. The lowest BCUT2D eigenvalue weighted by Crippen LogP contribution is -2.38. The topological polar surface area (TPSA) is 61.4 Å². The average Bonchev–Trinajstić information content (AvgIpc) is 2.61. The Balaban J connectivity index is 1.85. The van der Waals surface area contributed by atoms with Crippen LogP contribution in [0.25, 0.3) is 0 Å². The van der Waals surface area contributed by atoms with Crippen LogP contribution in [0.1, 0.15) is 5.56 Å². The van der Waals surface area contributed by atoms with Crippen LogP contribution in [0, 0.1) is 5.82 Å². The summed E-state index contributed by atoms with van der Waals surface area (Å²) in [5.74, 6) is -1.42. The van der Waals surface area contributed by atoms with E-state index in [0.29, 0.717) is 5.69 Å². The third-order valence-electron chi connectivity index (χ3n) is 3.57. The van der Waals surface area contributed by atoms with Gasteiger partial charge in [-0.25, -0.2) is 4.39 Å². The number of hydrogen-bond acceptors (Lipinski definition) is 3. The number of alkyl halides is 3. The molecule has 0 aliphatic rings. The summed E-state index contributed by atoms with van der Waals surface area (Å²) in [6.07, 6.45) is -4.48. The van der Waals surface area contributed by atoms with Gasteiger partial charge in [0.2, 0.25) is 11.8 Å². The van der Waals surface area contributed by atoms with Crippen molar-refractivity contribution in [1.29, 1.82) is 0 Å². The Bertz CT molecular complexity index is 807. The fraction of sp³-hybridized carbons (Fsp3) is 0.222. The summed E-state index contributed by atoms with van der Waals surface area (Å²) < 4.78 is 50.8. The van der Waals surface area contributed by atoms with Crippen molar-refractivity contribution in [1.82, 2.24) is 4.90 Å². The lowest BCUT2D eigenvalue weighted by atomic mass is 10.2. The van der Waals surface area contributed by atoms with E-state index in [0.717, 1.165) is 17.0 Å². The maximum absolute atomic E-state index is 12.8. The minimum absolute atomic E-state index is 0.141. The molecule has 2 amide bonds. The lowest BCUT2D eigenvalue weighted by molar-refractivity contribution is -0.137. The Labute approximate surface area is 153 Å². The molecule has 27 heavy (non-hydrogen) atoms. The van der Waals surface area contributed by atoms with Gasteiger partial charge in [-0.15, -0.1) is 0 Å². The third-order valence-corrected chi connectivity index (χ3v) is 3.57. The van der Waals surface area contributed by atoms with Crippen LogP contribution in [0.2, 0.25) is 0 Å². The van der Waals surface area contributed by atoms with Gasteiger partial charge >= 0.3 is 6.18 Å². The van der Waals surface area contributed by atoms with E-state index >= 15 is 0 Å². The molecule has 0 fully saturated rings. The highest BCUT2D eigenvalue weighted by molar-refractivity contribution is 5.94. The maximum Gasteiger partial charge on any atom is 0.416 e. The summed E-state index contributed by atoms with van der Waals surface area (Å²) >= 11 is 0. The molecule has 0 bridgehead atoms. The van der Waals surface area contributed by atoms with Gasteiger partial charge in [0.05, 0.1) is 18.7 Å². The highest BCUT2D eigenvalue weighted by Gasteiger charge is 2.30. The molecule has 0 spiro atoms. The summed E-state index contributed by atoms with van der Waals surface area (Å²) in [6, 6.07) is 9.59. The normalized spacial score (nSPS) is 11.0. The number of rotatable bonds is 6. The molecule has 2 aromatic rings. The molecule has 2 rings (SSSR count). The standard InChI is InChI=1S/C18H17F4N3O2/c1-25(11-16(26)24-14-7-5-13(19)6-8-14)17(27)10-23-15-4-2-3-12(9-15)18(20,21)22/h2-9,23H,10-11H2,1H3,(H,24,26). The van der Waals surface area contributed by atoms with Gasteiger partial charge in [-0.3, -0.25) is 9.59 Å². The Hall–Kier alpha value is -3.10. The summed E-state index contributed by atoms with van der Waals surface area (Å²) in [5, 5.41) is 5.11. The van der Waals surface area contributed by atoms with Crippen molar-refractivity contribution in [2.75, 3.05) is 30.8 Å². The van der Waals surface area contributed by atoms with Crippen molar-refractivity contribution in [3.8, 4) is 0 Å². The van der Waals surface area contributed by atoms with E-state index in [2.05, 4.69) is 10.6 Å². The summed E-state index contributed by atoms with van der Waals surface area (Å²) in [6.45, 7) is -0.540. The largest absolute Gasteiger partial charge is 0.416 e. The van der Waals surface area contributed by atoms with Gasteiger partial charge in [-0.2, -0.15) is 13.2 Å². The van der Waals surface area contributed by atoms with E-state index in [1.165, 1.54) is 43.4 Å². The molecule has 2 N–H and O–H groups in total. The van der Waals surface area contributed by atoms with Crippen molar-refractivity contribution in [2.24, 2.45) is 0 Å². The molecule has 0 aliphatic carbocycles. The first-order chi connectivity index (χ1) is 12.6. The molecular weight excluding hydrogens is 366 g/mol. The third kappa shape index (κ3) is 6.28. The zero-order valence-electron chi connectivity index (χ0n) is 14.3. The van der Waals surface area contributed by atoms with Crippen LogP contribution in [0.15, 0.2) is 48.5 Å². The molecule has 0 saturated heterocycles. The first kappa shape index (κ1) is 20.2. The van der Waals surface area contributed by atoms with Crippen LogP contribution in [0.3, 0.4) is 0 Å². The second-order valence-electron chi connectivity index (χ2n) is 5.74. The number of amides is 2. The Kier molecular flexibility index (Phi) is 6.38. The highest BCUT2D eigenvalue weighted by Crippen LogP contribution is 2.30. The van der Waals surface area contributed by atoms with E-state index in [9.17, 15) is 27.2 Å². The van der Waals surface area contributed by atoms with Crippen LogP contribution in [-0.2, 0) is 15.8 Å². The minimum atomic E-state index is -4.48. The first-order valence-corrected chi connectivity index (χ1v) is 7.85. The number of halogens is 4. The van der Waals surface area contributed by atoms with Crippen molar-refractivity contribution in [3.63, 3.8) is 0 Å². The van der Waals surface area contributed by atoms with Gasteiger partial charge in [-0.1, -0.05) is 6.07 Å². The second-order valence-corrected chi connectivity index (χ2v) is 5.74. The fourth-order valence-corrected chi connectivity index (χ4v) is 2.16. The van der Waals surface area contributed by atoms with Gasteiger partial charge in [0.15, 0.2) is 0 Å². The van der Waals surface area contributed by atoms with Crippen LogP contribution in [0.4, 0.5) is 28.9 Å². The van der Waals surface area contributed by atoms with E-state index < -0.39 is 29.4 Å². The molecule has 0 heterocycles. The monoisotopic (exact) mass is 383 g/mol. The highest BCUT2D eigenvalue weighted by atomic mass is 19.4. The SMILES string of the molecule is CN(CC(=O)Nc1ccc(F)cc1)C(=O)CNc1cccc(C(F)(F)F)c1. The van der Waals surface area contributed by atoms with Crippen molar-refractivity contribution < 1.29 is 27.2 Å². The first-order valence-electron chi connectivity index (χ1n) is 7.85. The van der Waals surface area contributed by atoms with E-state index in [1.807, 2.05) is 0 Å². The second kappa shape index (κ2) is 8.52. The van der Waals surface area contributed by atoms with Crippen LogP contribution < -0.4 is 10.6 Å². The zero-order valence-corrected chi connectivity index (χ0v) is 14.3. The minimum Gasteiger partial charge on any atom is -0.376 e. The van der Waals surface area contributed by atoms with Crippen molar-refractivity contribution in [3.05, 3.63) is 59.9 Å². The smallest absolute Gasteiger partial charge is 0.376 e. The number of nitrogens with zero attached hydrogens (tertiary/aromatic N) is 1. The Morgan fingerprint density at radius 2 is 1.70 bits per heavy atom. The number of carbonyl (C=O) groups excluding carboxylic acids is 2. The summed E-state index contributed by atoms with van der Waals surface area (Å²) in [4.78, 5) is 25.1. The molecular formula is C18H17F4N3O2. The Morgan fingerprint density at radius 3 is 2.33 bits per heavy atom. The molecule has 0 atom stereocenters. The molecule has 0 radical (unpaired) electrons. The molecule has 0 saturated carbocycles. The molecule has 144 valence electrons. The zero-order chi connectivity index (χ0) is 20.0. The summed E-state index contributed by atoms with van der Waals surface area (Å²) in [5.41, 5.74) is -0.307. The number of hydrogen-bond donors (Lipinski definition) is 2. The van der Waals surface area contributed by atoms with Crippen LogP contribution in [-0.4, -0.2) is 36.9 Å². The average molecular weight is 383 g/mol. The predicted molar refractivity (Wildman–Crippen MR) is 92.6 cm³/mol. The Morgan fingerprint density at radius 1 is 1.04 bits per heavy atom. The molecule has 0 unspecified atom stereocenters. The fourth-order valence-electron chi connectivity index (χ4n) is 2.16. The van der Waals surface area contributed by atoms with Gasteiger partial charge in [-0.05, 0) is 42.5 Å². The van der Waals surface area contributed by atoms with Gasteiger partial charge in [0.25, 0.3) is 0 Å². The number of benzene rings is 2. The quantitative estimate of drug-likeness (QED) is 0.752. The molecule has 5 nitrogen and oxygen atoms in total. The van der Waals surface area contributed by atoms with E-state index in [-0.39, 0.29) is 18.8 Å². The van der Waals surface area contributed by atoms with Gasteiger partial charge < -0.3 is 15.5 Å². The van der Waals surface area contributed by atoms with Gasteiger partial charge in [0.1, 0.15) is 5.82 Å².